The van der Waals surface area contributed by atoms with Gasteiger partial charge in [0.05, 0.1) is 11.8 Å². The molecule has 0 aliphatic rings. The van der Waals surface area contributed by atoms with Crippen molar-refractivity contribution in [3.05, 3.63) is 30.1 Å². The van der Waals surface area contributed by atoms with E-state index in [4.69, 9.17) is 5.26 Å². The van der Waals surface area contributed by atoms with Crippen LogP contribution < -0.4 is 0 Å². The van der Waals surface area contributed by atoms with Crippen molar-refractivity contribution >= 4 is 0 Å². The van der Waals surface area contributed by atoms with Gasteiger partial charge in [-0.05, 0) is 18.7 Å². The van der Waals surface area contributed by atoms with Gasteiger partial charge >= 0.3 is 0 Å². The number of hydrogen-bond donors (Lipinski definition) is 0. The van der Waals surface area contributed by atoms with Crippen LogP contribution in [0.4, 0.5) is 0 Å². The van der Waals surface area contributed by atoms with Crippen molar-refractivity contribution in [2.45, 2.75) is 19.9 Å². The predicted molar refractivity (Wildman–Crippen MR) is 55.4 cm³/mol. The lowest BCUT2D eigenvalue weighted by Crippen LogP contribution is -2.24. The summed E-state index contributed by atoms with van der Waals surface area (Å²) >= 11 is 0. The monoisotopic (exact) mass is 189 g/mol. The van der Waals surface area contributed by atoms with Crippen LogP contribution >= 0.6 is 0 Å². The van der Waals surface area contributed by atoms with Gasteiger partial charge in [0.25, 0.3) is 0 Å². The van der Waals surface area contributed by atoms with Gasteiger partial charge in [-0.2, -0.15) is 5.26 Å². The van der Waals surface area contributed by atoms with Gasteiger partial charge < -0.3 is 0 Å². The number of hydrogen-bond acceptors (Lipinski definition) is 3. The maximum Gasteiger partial charge on any atom is 0.0635 e. The van der Waals surface area contributed by atoms with Gasteiger partial charge in [-0.3, -0.25) is 9.88 Å². The fourth-order valence-corrected chi connectivity index (χ4v) is 1.28. The summed E-state index contributed by atoms with van der Waals surface area (Å²) in [5.74, 6) is 0. The number of pyridine rings is 1. The standard InChI is InChI=1S/C11H15N3/c1-2-14(9-5-7-12)10-11-6-3-4-8-13-11/h3-4,6,8H,2,5,9-10H2,1H3. The summed E-state index contributed by atoms with van der Waals surface area (Å²) in [5.41, 5.74) is 1.06. The number of nitriles is 1. The molecule has 0 atom stereocenters. The van der Waals surface area contributed by atoms with Gasteiger partial charge in [0.2, 0.25) is 0 Å². The van der Waals surface area contributed by atoms with Crippen molar-refractivity contribution in [1.29, 1.82) is 5.26 Å². The van der Waals surface area contributed by atoms with Gasteiger partial charge in [0.15, 0.2) is 0 Å². The summed E-state index contributed by atoms with van der Waals surface area (Å²) < 4.78 is 0. The molecule has 14 heavy (non-hydrogen) atoms. The van der Waals surface area contributed by atoms with Crippen molar-refractivity contribution in [3.63, 3.8) is 0 Å². The van der Waals surface area contributed by atoms with E-state index in [0.717, 1.165) is 25.3 Å². The summed E-state index contributed by atoms with van der Waals surface area (Å²) in [6.07, 6.45) is 2.38. The van der Waals surface area contributed by atoms with Crippen LogP contribution in [0.3, 0.4) is 0 Å². The molecular formula is C11H15N3. The first-order chi connectivity index (χ1) is 6.86. The summed E-state index contributed by atoms with van der Waals surface area (Å²) in [4.78, 5) is 6.46. The largest absolute Gasteiger partial charge is 0.297 e. The summed E-state index contributed by atoms with van der Waals surface area (Å²) in [6, 6.07) is 8.06. The van der Waals surface area contributed by atoms with E-state index in [-0.39, 0.29) is 0 Å². The maximum atomic E-state index is 8.48. The van der Waals surface area contributed by atoms with Crippen molar-refractivity contribution in [2.24, 2.45) is 0 Å². The molecule has 0 aliphatic carbocycles. The Morgan fingerprint density at radius 1 is 1.50 bits per heavy atom. The summed E-state index contributed by atoms with van der Waals surface area (Å²) in [6.45, 7) is 4.71. The molecule has 0 saturated heterocycles. The van der Waals surface area contributed by atoms with Gasteiger partial charge in [-0.25, -0.2) is 0 Å². The third-order valence-electron chi connectivity index (χ3n) is 2.10. The minimum absolute atomic E-state index is 0.584. The molecule has 0 bridgehead atoms. The van der Waals surface area contributed by atoms with Crippen molar-refractivity contribution < 1.29 is 0 Å². The predicted octanol–water partition coefficient (Wildman–Crippen LogP) is 1.82. The van der Waals surface area contributed by atoms with Gasteiger partial charge in [0.1, 0.15) is 0 Å². The molecule has 1 aromatic heterocycles. The minimum Gasteiger partial charge on any atom is -0.297 e. The van der Waals surface area contributed by atoms with Crippen LogP contribution in [0.25, 0.3) is 0 Å². The molecule has 1 heterocycles. The Kier molecular flexibility index (Phi) is 4.66. The first kappa shape index (κ1) is 10.7. The number of rotatable bonds is 5. The van der Waals surface area contributed by atoms with E-state index in [1.165, 1.54) is 0 Å². The molecule has 0 amide bonds. The van der Waals surface area contributed by atoms with Crippen LogP contribution in [0.15, 0.2) is 24.4 Å². The van der Waals surface area contributed by atoms with E-state index in [0.29, 0.717) is 6.42 Å². The van der Waals surface area contributed by atoms with E-state index < -0.39 is 0 Å². The lowest BCUT2D eigenvalue weighted by molar-refractivity contribution is 0.283. The van der Waals surface area contributed by atoms with Gasteiger partial charge in [-0.15, -0.1) is 0 Å². The van der Waals surface area contributed by atoms with E-state index in [9.17, 15) is 0 Å². The highest BCUT2D eigenvalue weighted by Gasteiger charge is 2.02. The lowest BCUT2D eigenvalue weighted by atomic mass is 10.3. The average Bonchev–Trinajstić information content (AvgIpc) is 2.25. The maximum absolute atomic E-state index is 8.48. The van der Waals surface area contributed by atoms with E-state index in [1.54, 1.807) is 6.20 Å². The third-order valence-corrected chi connectivity index (χ3v) is 2.10. The Labute approximate surface area is 85.0 Å². The quantitative estimate of drug-likeness (QED) is 0.709. The minimum atomic E-state index is 0.584. The number of nitrogens with zero attached hydrogens (tertiary/aromatic N) is 3. The van der Waals surface area contributed by atoms with Gasteiger partial charge in [0, 0.05) is 25.7 Å². The molecular weight excluding hydrogens is 174 g/mol. The topological polar surface area (TPSA) is 39.9 Å². The van der Waals surface area contributed by atoms with Crippen LogP contribution in [-0.2, 0) is 6.54 Å². The molecule has 0 fully saturated rings. The Balaban J connectivity index is 2.45. The molecule has 3 nitrogen and oxygen atoms in total. The van der Waals surface area contributed by atoms with E-state index >= 15 is 0 Å². The van der Waals surface area contributed by atoms with Crippen LogP contribution in [0.1, 0.15) is 19.0 Å². The zero-order valence-corrected chi connectivity index (χ0v) is 8.48. The molecule has 74 valence electrons. The van der Waals surface area contributed by atoms with Crippen molar-refractivity contribution in [1.82, 2.24) is 9.88 Å². The highest BCUT2D eigenvalue weighted by atomic mass is 15.1. The van der Waals surface area contributed by atoms with Crippen LogP contribution in [-0.4, -0.2) is 23.0 Å². The molecule has 0 radical (unpaired) electrons. The zero-order chi connectivity index (χ0) is 10.2. The normalized spacial score (nSPS) is 10.1. The van der Waals surface area contributed by atoms with E-state index in [1.807, 2.05) is 18.2 Å². The fraction of sp³-hybridized carbons (Fsp3) is 0.455. The van der Waals surface area contributed by atoms with Gasteiger partial charge in [-0.1, -0.05) is 13.0 Å². The number of aromatic nitrogens is 1. The fourth-order valence-electron chi connectivity index (χ4n) is 1.28. The zero-order valence-electron chi connectivity index (χ0n) is 8.48. The van der Waals surface area contributed by atoms with Crippen molar-refractivity contribution in [2.75, 3.05) is 13.1 Å². The Morgan fingerprint density at radius 3 is 2.93 bits per heavy atom. The highest BCUT2D eigenvalue weighted by molar-refractivity contribution is 5.03. The molecule has 0 saturated carbocycles. The third kappa shape index (κ3) is 3.55. The molecule has 0 unspecified atom stereocenters. The molecule has 0 aromatic carbocycles. The molecule has 1 rings (SSSR count). The molecule has 0 spiro atoms. The Hall–Kier alpha value is -1.40. The highest BCUT2D eigenvalue weighted by Crippen LogP contribution is 2.01. The molecule has 1 aromatic rings. The molecule has 0 N–H and O–H groups in total. The summed E-state index contributed by atoms with van der Waals surface area (Å²) in [5, 5.41) is 8.48. The van der Waals surface area contributed by atoms with Crippen LogP contribution in [0.5, 0.6) is 0 Å². The average molecular weight is 189 g/mol. The smallest absolute Gasteiger partial charge is 0.0635 e. The second-order valence-corrected chi connectivity index (χ2v) is 3.10. The summed E-state index contributed by atoms with van der Waals surface area (Å²) in [7, 11) is 0. The SMILES string of the molecule is CCN(CCC#N)Cc1ccccn1. The second-order valence-electron chi connectivity index (χ2n) is 3.10. The second kappa shape index (κ2) is 6.11. The Bertz CT molecular complexity index is 289. The van der Waals surface area contributed by atoms with Crippen molar-refractivity contribution in [3.8, 4) is 6.07 Å². The van der Waals surface area contributed by atoms with Crippen LogP contribution in [0.2, 0.25) is 0 Å². The Morgan fingerprint density at radius 2 is 2.36 bits per heavy atom. The first-order valence-electron chi connectivity index (χ1n) is 4.86. The molecule has 3 heteroatoms. The lowest BCUT2D eigenvalue weighted by Gasteiger charge is -2.17. The molecule has 0 aliphatic heterocycles. The van der Waals surface area contributed by atoms with Crippen LogP contribution in [0, 0.1) is 11.3 Å². The van der Waals surface area contributed by atoms with E-state index in [2.05, 4.69) is 22.9 Å². The first-order valence-corrected chi connectivity index (χ1v) is 4.86.